The van der Waals surface area contributed by atoms with Crippen LogP contribution in [-0.4, -0.2) is 30.4 Å². The molecule has 3 rings (SSSR count). The number of nitrogens with one attached hydrogen (secondary N) is 1. The van der Waals surface area contributed by atoms with Crippen molar-refractivity contribution in [2.24, 2.45) is 4.99 Å². The van der Waals surface area contributed by atoms with Crippen molar-refractivity contribution in [2.75, 3.05) is 13.7 Å². The number of benzene rings is 1. The van der Waals surface area contributed by atoms with Gasteiger partial charge in [0.1, 0.15) is 12.3 Å². The van der Waals surface area contributed by atoms with Crippen LogP contribution in [0.2, 0.25) is 0 Å². The van der Waals surface area contributed by atoms with Gasteiger partial charge in [0.25, 0.3) is 0 Å². The van der Waals surface area contributed by atoms with E-state index in [1.807, 2.05) is 23.1 Å². The smallest absolute Gasteiger partial charge is 0.246 e. The Morgan fingerprint density at radius 2 is 2.31 bits per heavy atom. The number of carbonyl (C=O) groups excluding carboxylic acids is 1. The van der Waals surface area contributed by atoms with Crippen molar-refractivity contribution in [1.29, 1.82) is 0 Å². The highest BCUT2D eigenvalue weighted by atomic mass is 16.5. The molecule has 1 fully saturated rings. The number of rotatable bonds is 1. The average Bonchev–Trinajstić information content (AvgIpc) is 2.64. The Labute approximate surface area is 92.7 Å². The Morgan fingerprint density at radius 1 is 1.44 bits per heavy atom. The zero-order valence-electron chi connectivity index (χ0n) is 8.86. The van der Waals surface area contributed by atoms with E-state index in [0.29, 0.717) is 19.0 Å². The number of hydrogen-bond donors (Lipinski definition) is 1. The first kappa shape index (κ1) is 9.21. The fraction of sp³-hybridized carbons (Fsp3) is 0.273. The van der Waals surface area contributed by atoms with Crippen molar-refractivity contribution in [2.45, 2.75) is 6.54 Å². The molecule has 1 N–H and O–H groups in total. The van der Waals surface area contributed by atoms with Crippen LogP contribution in [0.25, 0.3) is 0 Å². The molecule has 2 aliphatic rings. The second-order valence-electron chi connectivity index (χ2n) is 3.83. The second-order valence-corrected chi connectivity index (χ2v) is 3.83. The Bertz CT molecular complexity index is 496. The molecule has 82 valence electrons. The molecule has 1 amide bonds. The molecule has 0 aromatic heterocycles. The van der Waals surface area contributed by atoms with E-state index < -0.39 is 0 Å². The number of nitrogens with zero attached hydrogens (tertiary/aromatic N) is 2. The number of aliphatic imine (C=N–C) groups is 1. The van der Waals surface area contributed by atoms with Gasteiger partial charge in [-0.05, 0) is 18.2 Å². The van der Waals surface area contributed by atoms with Crippen LogP contribution in [0.4, 0.5) is 5.69 Å². The summed E-state index contributed by atoms with van der Waals surface area (Å²) in [5.74, 6) is 1.47. The summed E-state index contributed by atoms with van der Waals surface area (Å²) in [5.41, 5.74) is 1.98. The standard InChI is InChI=1S/C11H11N3O2/c1-16-8-2-3-9-7(4-8)5-14-6-10(15)13-11(14)12-9/h2-4H,5-6H2,1H3,(H,12,13,15). The van der Waals surface area contributed by atoms with E-state index in [9.17, 15) is 4.79 Å². The molecule has 0 bridgehead atoms. The van der Waals surface area contributed by atoms with Gasteiger partial charge in [-0.2, -0.15) is 0 Å². The van der Waals surface area contributed by atoms with Crippen molar-refractivity contribution < 1.29 is 9.53 Å². The van der Waals surface area contributed by atoms with Gasteiger partial charge >= 0.3 is 0 Å². The van der Waals surface area contributed by atoms with Crippen molar-refractivity contribution in [3.63, 3.8) is 0 Å². The lowest BCUT2D eigenvalue weighted by Gasteiger charge is -2.22. The molecule has 0 radical (unpaired) electrons. The first-order valence-corrected chi connectivity index (χ1v) is 5.06. The average molecular weight is 217 g/mol. The summed E-state index contributed by atoms with van der Waals surface area (Å²) in [6.45, 7) is 1.08. The van der Waals surface area contributed by atoms with Crippen molar-refractivity contribution >= 4 is 17.6 Å². The summed E-state index contributed by atoms with van der Waals surface area (Å²) in [6, 6.07) is 5.73. The van der Waals surface area contributed by atoms with Crippen LogP contribution < -0.4 is 10.1 Å². The first-order chi connectivity index (χ1) is 7.76. The Hall–Kier alpha value is -2.04. The van der Waals surface area contributed by atoms with Crippen molar-refractivity contribution in [3.8, 4) is 5.75 Å². The van der Waals surface area contributed by atoms with E-state index in [0.717, 1.165) is 17.0 Å². The van der Waals surface area contributed by atoms with Gasteiger partial charge in [0.05, 0.1) is 12.8 Å². The zero-order chi connectivity index (χ0) is 11.1. The van der Waals surface area contributed by atoms with E-state index in [2.05, 4.69) is 10.3 Å². The molecule has 0 atom stereocenters. The topological polar surface area (TPSA) is 53.9 Å². The lowest BCUT2D eigenvalue weighted by atomic mass is 10.1. The number of hydrogen-bond acceptors (Lipinski definition) is 4. The van der Waals surface area contributed by atoms with E-state index in [1.54, 1.807) is 7.11 Å². The number of fused-ring (bicyclic) bond motifs is 2. The third-order valence-corrected chi connectivity index (χ3v) is 2.76. The van der Waals surface area contributed by atoms with Crippen LogP contribution in [0.5, 0.6) is 5.75 Å². The van der Waals surface area contributed by atoms with E-state index in [1.165, 1.54) is 0 Å². The predicted molar refractivity (Wildman–Crippen MR) is 58.6 cm³/mol. The summed E-state index contributed by atoms with van der Waals surface area (Å²) in [4.78, 5) is 17.5. The van der Waals surface area contributed by atoms with Crippen molar-refractivity contribution in [1.82, 2.24) is 10.2 Å². The highest BCUT2D eigenvalue weighted by Gasteiger charge is 2.28. The van der Waals surface area contributed by atoms with Gasteiger partial charge in [0.15, 0.2) is 0 Å². The summed E-state index contributed by atoms with van der Waals surface area (Å²) < 4.78 is 5.16. The normalized spacial score (nSPS) is 17.4. The Kier molecular flexibility index (Phi) is 1.86. The largest absolute Gasteiger partial charge is 0.497 e. The van der Waals surface area contributed by atoms with Gasteiger partial charge in [-0.1, -0.05) is 0 Å². The third kappa shape index (κ3) is 1.32. The van der Waals surface area contributed by atoms with E-state index in [4.69, 9.17) is 4.74 Å². The SMILES string of the molecule is COc1ccc2c(c1)CN1CC(=O)NC1=N2. The number of carbonyl (C=O) groups is 1. The molecule has 1 saturated heterocycles. The Balaban J connectivity index is 2.01. The summed E-state index contributed by atoms with van der Waals surface area (Å²) in [5, 5.41) is 2.73. The van der Waals surface area contributed by atoms with E-state index in [-0.39, 0.29) is 5.91 Å². The van der Waals surface area contributed by atoms with Gasteiger partial charge in [0, 0.05) is 12.1 Å². The molecule has 0 unspecified atom stereocenters. The van der Waals surface area contributed by atoms with Crippen LogP contribution in [0.15, 0.2) is 23.2 Å². The minimum absolute atomic E-state index is 0.00137. The Morgan fingerprint density at radius 3 is 3.12 bits per heavy atom. The molecule has 5 heteroatoms. The molecular formula is C11H11N3O2. The van der Waals surface area contributed by atoms with Crippen LogP contribution in [-0.2, 0) is 11.3 Å². The molecule has 0 saturated carbocycles. The van der Waals surface area contributed by atoms with Gasteiger partial charge in [-0.15, -0.1) is 0 Å². The summed E-state index contributed by atoms with van der Waals surface area (Å²) in [6.07, 6.45) is 0. The highest BCUT2D eigenvalue weighted by molar-refractivity contribution is 6.05. The minimum Gasteiger partial charge on any atom is -0.497 e. The molecule has 16 heavy (non-hydrogen) atoms. The number of methoxy groups -OCH3 is 1. The quantitative estimate of drug-likeness (QED) is 0.750. The maximum absolute atomic E-state index is 11.2. The maximum atomic E-state index is 11.2. The second kappa shape index (κ2) is 3.23. The first-order valence-electron chi connectivity index (χ1n) is 5.06. The lowest BCUT2D eigenvalue weighted by Crippen LogP contribution is -2.31. The van der Waals surface area contributed by atoms with Crippen LogP contribution in [0.1, 0.15) is 5.56 Å². The third-order valence-electron chi connectivity index (χ3n) is 2.76. The van der Waals surface area contributed by atoms with Crippen LogP contribution in [0.3, 0.4) is 0 Å². The highest BCUT2D eigenvalue weighted by Crippen LogP contribution is 2.30. The zero-order valence-corrected chi connectivity index (χ0v) is 8.86. The number of guanidine groups is 1. The lowest BCUT2D eigenvalue weighted by molar-refractivity contribution is -0.118. The number of amides is 1. The fourth-order valence-corrected chi connectivity index (χ4v) is 1.97. The van der Waals surface area contributed by atoms with Gasteiger partial charge < -0.3 is 9.64 Å². The summed E-state index contributed by atoms with van der Waals surface area (Å²) in [7, 11) is 1.64. The van der Waals surface area contributed by atoms with E-state index >= 15 is 0 Å². The monoisotopic (exact) mass is 217 g/mol. The van der Waals surface area contributed by atoms with Crippen molar-refractivity contribution in [3.05, 3.63) is 23.8 Å². The molecule has 5 nitrogen and oxygen atoms in total. The maximum Gasteiger partial charge on any atom is 0.246 e. The molecule has 0 spiro atoms. The minimum atomic E-state index is -0.00137. The predicted octanol–water partition coefficient (Wildman–Crippen LogP) is 0.628. The van der Waals surface area contributed by atoms with Gasteiger partial charge in [0.2, 0.25) is 11.9 Å². The molecule has 0 aliphatic carbocycles. The molecule has 2 heterocycles. The molecule has 1 aromatic rings. The van der Waals surface area contributed by atoms with Gasteiger partial charge in [-0.25, -0.2) is 4.99 Å². The summed E-state index contributed by atoms with van der Waals surface area (Å²) >= 11 is 0. The van der Waals surface area contributed by atoms with Crippen LogP contribution >= 0.6 is 0 Å². The fourth-order valence-electron chi connectivity index (χ4n) is 1.97. The molecule has 2 aliphatic heterocycles. The molecule has 1 aromatic carbocycles. The molecular weight excluding hydrogens is 206 g/mol. The number of ether oxygens (including phenoxy) is 1. The van der Waals surface area contributed by atoms with Gasteiger partial charge in [-0.3, -0.25) is 10.1 Å². The van der Waals surface area contributed by atoms with Crippen LogP contribution in [0, 0.1) is 0 Å².